The zero-order valence-corrected chi connectivity index (χ0v) is 56.2. The molecule has 0 aromatic heterocycles. The van der Waals surface area contributed by atoms with E-state index in [9.17, 15) is 0 Å². The molecular formula is C67H134Al2Mg3. The van der Waals surface area contributed by atoms with Gasteiger partial charge in [-0.05, 0) is 11.8 Å². The van der Waals surface area contributed by atoms with Gasteiger partial charge in [0.05, 0.1) is 0 Å². The van der Waals surface area contributed by atoms with E-state index >= 15 is 0 Å². The predicted molar refractivity (Wildman–Crippen MR) is 344 cm³/mol. The van der Waals surface area contributed by atoms with Crippen LogP contribution in [0.15, 0.2) is 0 Å². The van der Waals surface area contributed by atoms with Gasteiger partial charge in [-0.3, -0.25) is 0 Å². The Kier molecular flexibility index (Phi) is 86.9. The topological polar surface area (TPSA) is 0 Å². The van der Waals surface area contributed by atoms with E-state index in [-0.39, 0.29) is 90.7 Å². The molecule has 0 aliphatic carbocycles. The van der Waals surface area contributed by atoms with Crippen LogP contribution in [0.25, 0.3) is 0 Å². The molecule has 4 bridgehead atoms. The second-order valence-electron chi connectivity index (χ2n) is 23.2. The Balaban J connectivity index is -0.000000318. The summed E-state index contributed by atoms with van der Waals surface area (Å²) in [5, 5.41) is 10.1. The van der Waals surface area contributed by atoms with Crippen molar-refractivity contribution in [1.82, 2.24) is 0 Å². The van der Waals surface area contributed by atoms with E-state index in [4.69, 9.17) is 0 Å². The third kappa shape index (κ3) is 65.9. The van der Waals surface area contributed by atoms with Gasteiger partial charge in [-0.1, -0.05) is 328 Å². The van der Waals surface area contributed by atoms with Crippen LogP contribution in [0.4, 0.5) is 0 Å². The minimum Gasteiger partial charge on any atom is -0.346 e. The smallest absolute Gasteiger partial charge is 0.346 e. The van der Waals surface area contributed by atoms with Gasteiger partial charge in [0.1, 0.15) is 0 Å². The fourth-order valence-corrected chi connectivity index (χ4v) is 18.8. The first-order valence-electron chi connectivity index (χ1n) is 32.4. The van der Waals surface area contributed by atoms with Crippen LogP contribution in [-0.4, -0.2) is 97.5 Å². The number of fused-ring (bicyclic) bond motifs is 42. The van der Waals surface area contributed by atoms with Crippen molar-refractivity contribution in [3.05, 3.63) is 41.5 Å². The molecule has 6 aliphatic rings. The van der Waals surface area contributed by atoms with Gasteiger partial charge in [0.15, 0.2) is 0 Å². The summed E-state index contributed by atoms with van der Waals surface area (Å²) in [5.41, 5.74) is 0. The zero-order valence-electron chi connectivity index (χ0n) is 49.7. The van der Waals surface area contributed by atoms with Gasteiger partial charge in [0.25, 0.3) is 28.3 Å². The average Bonchev–Trinajstić information content (AvgIpc) is 3.35. The SMILES string of the molecule is C.C1CCCC[CH2][Al]2[CH2]CCCCCCCCCC(CCCC1)CCCCCCCCC[CH2]2.C1CC[CH2][Al]2[CH2]CCCCCC(CC1)CCCCC[CH2]2.[CH2-]CCCCC[CH2-].[CH2-]CCC[CH2-].[CH2-]CC[CH2-].[Mg+2].[Mg+2].[Mg+2]. The van der Waals surface area contributed by atoms with E-state index in [0.717, 1.165) is 50.4 Å². The molecule has 0 radical (unpaired) electrons. The second kappa shape index (κ2) is 74.4. The van der Waals surface area contributed by atoms with Gasteiger partial charge in [-0.15, -0.1) is 6.42 Å². The van der Waals surface area contributed by atoms with Crippen LogP contribution in [0, 0.1) is 53.4 Å². The monoisotopic (exact) mass is 1060 g/mol. The predicted octanol–water partition coefficient (Wildman–Crippen LogP) is 24.0. The first kappa shape index (κ1) is 84.2. The first-order chi connectivity index (χ1) is 33.6. The van der Waals surface area contributed by atoms with Crippen molar-refractivity contribution >= 4 is 97.5 Å². The van der Waals surface area contributed by atoms with E-state index < -0.39 is 14.1 Å². The quantitative estimate of drug-likeness (QED) is 0.135. The Labute approximate surface area is 518 Å². The van der Waals surface area contributed by atoms with Gasteiger partial charge in [-0.25, -0.2) is 12.8 Å². The van der Waals surface area contributed by atoms with Crippen molar-refractivity contribution < 1.29 is 0 Å². The molecule has 0 nitrogen and oxygen atoms in total. The van der Waals surface area contributed by atoms with Crippen molar-refractivity contribution in [2.75, 3.05) is 0 Å². The molecule has 6 aliphatic heterocycles. The molecule has 5 heteroatoms. The Bertz CT molecular complexity index is 726. The minimum absolute atomic E-state index is 0. The number of rotatable bonds is 7. The molecule has 6 rings (SSSR count). The van der Waals surface area contributed by atoms with Crippen molar-refractivity contribution in [3.63, 3.8) is 0 Å². The molecule has 0 saturated carbocycles. The van der Waals surface area contributed by atoms with Gasteiger partial charge < -0.3 is 41.5 Å². The van der Waals surface area contributed by atoms with Crippen molar-refractivity contribution in [1.29, 1.82) is 0 Å². The van der Waals surface area contributed by atoms with Gasteiger partial charge in [0.2, 0.25) is 0 Å². The fourth-order valence-electron chi connectivity index (χ4n) is 11.9. The summed E-state index contributed by atoms with van der Waals surface area (Å²) in [7, 11) is 0. The van der Waals surface area contributed by atoms with Crippen LogP contribution in [0.2, 0.25) is 31.7 Å². The molecule has 72 heavy (non-hydrogen) atoms. The maximum absolute atomic E-state index is 3.74. The maximum Gasteiger partial charge on any atom is 2.00 e. The molecular weight excluding hydrogens is 932 g/mol. The average molecular weight is 1070 g/mol. The van der Waals surface area contributed by atoms with Gasteiger partial charge >= 0.3 is 69.2 Å². The molecule has 0 spiro atoms. The summed E-state index contributed by atoms with van der Waals surface area (Å²) in [5.74, 6) is 2.14. The molecule has 6 heterocycles. The third-order valence-corrected chi connectivity index (χ3v) is 23.9. The van der Waals surface area contributed by atoms with Crippen LogP contribution in [0.3, 0.4) is 0 Å². The zero-order chi connectivity index (χ0) is 49.3. The van der Waals surface area contributed by atoms with Crippen LogP contribution in [-0.2, 0) is 0 Å². The molecule has 0 unspecified atom stereocenters. The molecule has 0 atom stereocenters. The van der Waals surface area contributed by atoms with Crippen molar-refractivity contribution in [2.45, 2.75) is 373 Å². The van der Waals surface area contributed by atoms with Crippen LogP contribution < -0.4 is 0 Å². The third-order valence-electron chi connectivity index (χ3n) is 16.6. The Hall–Kier alpha value is 3.36. The summed E-state index contributed by atoms with van der Waals surface area (Å²) in [6.45, 7) is 21.8. The number of unbranched alkanes of at least 4 members (excludes halogenated alkanes) is 7. The summed E-state index contributed by atoms with van der Waals surface area (Å²) < 4.78 is 0. The van der Waals surface area contributed by atoms with Crippen molar-refractivity contribution in [2.24, 2.45) is 11.8 Å². The van der Waals surface area contributed by atoms with E-state index in [0.29, 0.717) is 0 Å². The van der Waals surface area contributed by atoms with Crippen LogP contribution in [0.5, 0.6) is 0 Å². The molecule has 6 saturated heterocycles. The van der Waals surface area contributed by atoms with Crippen LogP contribution >= 0.6 is 0 Å². The van der Waals surface area contributed by atoms with E-state index in [2.05, 4.69) is 41.5 Å². The largest absolute Gasteiger partial charge is 2.00 e. The normalized spacial score (nSPS) is 20.4. The second-order valence-corrected chi connectivity index (χ2v) is 30.1. The molecule has 0 aromatic carbocycles. The fraction of sp³-hybridized carbons (Fsp3) is 0.910. The molecule has 0 N–H and O–H groups in total. The van der Waals surface area contributed by atoms with Gasteiger partial charge in [0, 0.05) is 0 Å². The molecule has 0 amide bonds. The van der Waals surface area contributed by atoms with E-state index in [1.807, 2.05) is 0 Å². The van der Waals surface area contributed by atoms with E-state index in [1.54, 1.807) is 147 Å². The summed E-state index contributed by atoms with van der Waals surface area (Å²) >= 11 is -0.775. The van der Waals surface area contributed by atoms with Gasteiger partial charge in [-0.2, -0.15) is 25.7 Å². The Morgan fingerprint density at radius 3 is 0.528 bits per heavy atom. The Morgan fingerprint density at radius 1 is 0.208 bits per heavy atom. The van der Waals surface area contributed by atoms with E-state index in [1.165, 1.54) is 180 Å². The summed E-state index contributed by atoms with van der Waals surface area (Å²) in [6, 6.07) is 0. The standard InChI is InChI=1S/C31H61.C19H37.C7H14.C5H10.C4H8.CH4.2Al.3Mg/c1-4-7-10-13-16-19-22-25-28-31(29-26-23-20-17-14-11-8-5-2)30-27-24-21-18-15-12-9-6-3;1-4-7-10-13-16-19(17-14-11-8-5-2)18-15-12-9-6-3;1-3-5-7-6-4-2;1-3-5-4-2;1-3-4-2;;;;;;/h31H,1-30H2;19H,1-18H2;1-7H2;1-5H2;1-4H2;1H4;;;;;/q;;3*-2;;;;3*+2. The molecule has 6 fully saturated rings. The summed E-state index contributed by atoms with van der Waals surface area (Å²) in [4.78, 5) is 0. The van der Waals surface area contributed by atoms with Crippen LogP contribution in [0.1, 0.15) is 341 Å². The molecule has 0 aromatic rings. The number of hydrogen-bond acceptors (Lipinski definition) is 0. The summed E-state index contributed by atoms with van der Waals surface area (Å²) in [6.07, 6.45) is 75.9. The first-order valence-corrected chi connectivity index (χ1v) is 37.3. The minimum atomic E-state index is -0.435. The Morgan fingerprint density at radius 2 is 0.375 bits per heavy atom. The number of hydrogen-bond donors (Lipinski definition) is 0. The van der Waals surface area contributed by atoms with Crippen molar-refractivity contribution in [3.8, 4) is 0 Å². The molecule has 414 valence electrons. The maximum atomic E-state index is 3.74.